The van der Waals surface area contributed by atoms with Gasteiger partial charge in [-0.15, -0.1) is 0 Å². The third-order valence-corrected chi connectivity index (χ3v) is 2.82. The molecule has 0 fully saturated rings. The first-order valence-electron chi connectivity index (χ1n) is 5.78. The van der Waals surface area contributed by atoms with Crippen LogP contribution >= 0.6 is 0 Å². The molecule has 0 spiro atoms. The van der Waals surface area contributed by atoms with Gasteiger partial charge in [0.2, 0.25) is 0 Å². The second-order valence-electron chi connectivity index (χ2n) is 4.01. The third kappa shape index (κ3) is 2.90. The van der Waals surface area contributed by atoms with Crippen LogP contribution in [0.25, 0.3) is 0 Å². The second-order valence-corrected chi connectivity index (χ2v) is 4.01. The smallest absolute Gasteiger partial charge is 0.356 e. The molecule has 0 saturated heterocycles. The number of rotatable bonds is 3. The molecule has 0 aliphatic rings. The largest absolute Gasteiger partial charge is 0.443 e. The predicted octanol–water partition coefficient (Wildman–Crippen LogP) is 1.96. The summed E-state index contributed by atoms with van der Waals surface area (Å²) in [5, 5.41) is 0.977. The highest BCUT2D eigenvalue weighted by molar-refractivity contribution is 5.68. The second kappa shape index (κ2) is 5.99. The molecule has 0 aromatic heterocycles. The number of nitrogens with zero attached hydrogens (tertiary/aromatic N) is 1. The topological polar surface area (TPSA) is 81.6 Å². The Morgan fingerprint density at radius 2 is 1.37 bits per heavy atom. The quantitative estimate of drug-likeness (QED) is 0.500. The van der Waals surface area contributed by atoms with E-state index in [4.69, 9.17) is 11.7 Å². The number of amides is 1. The molecule has 5 nitrogen and oxygen atoms in total. The molecule has 0 saturated carbocycles. The van der Waals surface area contributed by atoms with Gasteiger partial charge in [-0.3, -0.25) is 0 Å². The zero-order valence-corrected chi connectivity index (χ0v) is 10.3. The molecule has 2 aromatic rings. The molecular formula is C14H15N3O2. The van der Waals surface area contributed by atoms with Crippen molar-refractivity contribution >= 4 is 6.09 Å². The minimum Gasteiger partial charge on any atom is -0.356 e. The normalized spacial score (nSPS) is 10.3. The maximum atomic E-state index is 11.6. The van der Waals surface area contributed by atoms with E-state index in [-0.39, 0.29) is 0 Å². The lowest BCUT2D eigenvalue weighted by molar-refractivity contribution is 0.0924. The van der Waals surface area contributed by atoms with Crippen LogP contribution < -0.4 is 11.7 Å². The van der Waals surface area contributed by atoms with Crippen molar-refractivity contribution in [2.75, 3.05) is 0 Å². The van der Waals surface area contributed by atoms with Gasteiger partial charge in [-0.2, -0.15) is 5.90 Å². The third-order valence-electron chi connectivity index (χ3n) is 2.82. The van der Waals surface area contributed by atoms with Gasteiger partial charge in [0, 0.05) is 0 Å². The van der Waals surface area contributed by atoms with Gasteiger partial charge in [0.05, 0.1) is 0 Å². The van der Waals surface area contributed by atoms with Gasteiger partial charge in [0.15, 0.2) is 0 Å². The van der Waals surface area contributed by atoms with Gasteiger partial charge in [-0.1, -0.05) is 60.7 Å². The summed E-state index contributed by atoms with van der Waals surface area (Å²) in [7, 11) is 0. The maximum Gasteiger partial charge on any atom is 0.443 e. The van der Waals surface area contributed by atoms with Crippen molar-refractivity contribution in [1.29, 1.82) is 0 Å². The Kier molecular flexibility index (Phi) is 4.12. The summed E-state index contributed by atoms with van der Waals surface area (Å²) in [5.74, 6) is 10.7. The predicted molar refractivity (Wildman–Crippen MR) is 71.4 cm³/mol. The number of hydrogen-bond donors (Lipinski definition) is 2. The molecule has 98 valence electrons. The minimum atomic E-state index is -0.794. The Morgan fingerprint density at radius 3 is 1.74 bits per heavy atom. The van der Waals surface area contributed by atoms with Crippen molar-refractivity contribution in [3.8, 4) is 0 Å². The average molecular weight is 257 g/mol. The van der Waals surface area contributed by atoms with Gasteiger partial charge in [-0.25, -0.2) is 15.6 Å². The molecular weight excluding hydrogens is 242 g/mol. The number of benzene rings is 2. The monoisotopic (exact) mass is 257 g/mol. The molecule has 0 bridgehead atoms. The van der Waals surface area contributed by atoms with E-state index in [0.29, 0.717) is 0 Å². The van der Waals surface area contributed by atoms with Gasteiger partial charge in [0.25, 0.3) is 0 Å². The van der Waals surface area contributed by atoms with Crippen LogP contribution in [0.1, 0.15) is 17.2 Å². The Balaban J connectivity index is 2.43. The number of carbonyl (C=O) groups is 1. The summed E-state index contributed by atoms with van der Waals surface area (Å²) < 4.78 is 0. The molecule has 2 aromatic carbocycles. The highest BCUT2D eigenvalue weighted by Gasteiger charge is 2.24. The van der Waals surface area contributed by atoms with Crippen LogP contribution in [0.15, 0.2) is 60.7 Å². The highest BCUT2D eigenvalue weighted by atomic mass is 16.7. The Hall–Kier alpha value is -2.37. The Morgan fingerprint density at radius 1 is 0.947 bits per heavy atom. The van der Waals surface area contributed by atoms with Gasteiger partial charge >= 0.3 is 6.09 Å². The summed E-state index contributed by atoms with van der Waals surface area (Å²) in [5.41, 5.74) is 1.75. The van der Waals surface area contributed by atoms with E-state index in [9.17, 15) is 4.79 Å². The molecule has 4 N–H and O–H groups in total. The first kappa shape index (κ1) is 13.1. The number of carbonyl (C=O) groups excluding carboxylic acids is 1. The van der Waals surface area contributed by atoms with Crippen LogP contribution in [-0.4, -0.2) is 11.1 Å². The van der Waals surface area contributed by atoms with Crippen molar-refractivity contribution in [3.63, 3.8) is 0 Å². The van der Waals surface area contributed by atoms with E-state index in [1.807, 2.05) is 60.7 Å². The molecule has 0 atom stereocenters. The van der Waals surface area contributed by atoms with Crippen molar-refractivity contribution < 1.29 is 9.63 Å². The molecule has 1 amide bonds. The first-order chi connectivity index (χ1) is 9.24. The van der Waals surface area contributed by atoms with E-state index in [1.165, 1.54) is 0 Å². The molecule has 19 heavy (non-hydrogen) atoms. The lowest BCUT2D eigenvalue weighted by atomic mass is 9.98. The van der Waals surface area contributed by atoms with E-state index in [2.05, 4.69) is 4.84 Å². The Labute approximate surface area is 111 Å². The lowest BCUT2D eigenvalue weighted by Crippen LogP contribution is -2.42. The van der Waals surface area contributed by atoms with Crippen molar-refractivity contribution in [2.24, 2.45) is 11.7 Å². The Bertz CT molecular complexity index is 491. The van der Waals surface area contributed by atoms with Crippen molar-refractivity contribution in [1.82, 2.24) is 5.01 Å². The summed E-state index contributed by atoms with van der Waals surface area (Å²) in [6.45, 7) is 0. The number of hydrogen-bond acceptors (Lipinski definition) is 4. The average Bonchev–Trinajstić information content (AvgIpc) is 2.49. The number of nitrogens with two attached hydrogens (primary N) is 2. The zero-order chi connectivity index (χ0) is 13.7. The van der Waals surface area contributed by atoms with E-state index < -0.39 is 12.1 Å². The van der Waals surface area contributed by atoms with Crippen LogP contribution in [0.2, 0.25) is 0 Å². The summed E-state index contributed by atoms with van der Waals surface area (Å²) in [6, 6.07) is 18.4. The summed E-state index contributed by atoms with van der Waals surface area (Å²) >= 11 is 0. The standard InChI is InChI=1S/C14H15N3O2/c15-17(14(18)19-16)13(11-7-3-1-4-8-11)12-9-5-2-6-10-12/h1-10,13H,15-16H2. The molecule has 0 unspecified atom stereocenters. The minimum absolute atomic E-state index is 0.446. The van der Waals surface area contributed by atoms with Crippen molar-refractivity contribution in [2.45, 2.75) is 6.04 Å². The lowest BCUT2D eigenvalue weighted by Gasteiger charge is -2.26. The van der Waals surface area contributed by atoms with Crippen LogP contribution in [-0.2, 0) is 4.84 Å². The SMILES string of the molecule is NOC(=O)N(N)C(c1ccccc1)c1ccccc1. The summed E-state index contributed by atoms with van der Waals surface area (Å²) in [6.07, 6.45) is -0.794. The zero-order valence-electron chi connectivity index (χ0n) is 10.3. The van der Waals surface area contributed by atoms with Crippen LogP contribution in [0, 0.1) is 0 Å². The maximum absolute atomic E-state index is 11.6. The fourth-order valence-electron chi connectivity index (χ4n) is 1.95. The molecule has 0 aliphatic heterocycles. The van der Waals surface area contributed by atoms with Crippen molar-refractivity contribution in [3.05, 3.63) is 71.8 Å². The van der Waals surface area contributed by atoms with E-state index in [0.717, 1.165) is 16.1 Å². The molecule has 0 heterocycles. The van der Waals surface area contributed by atoms with Gasteiger partial charge in [0.1, 0.15) is 6.04 Å². The van der Waals surface area contributed by atoms with Crippen LogP contribution in [0.3, 0.4) is 0 Å². The van der Waals surface area contributed by atoms with Crippen LogP contribution in [0.4, 0.5) is 4.79 Å². The summed E-state index contributed by atoms with van der Waals surface area (Å²) in [4.78, 5) is 15.8. The van der Waals surface area contributed by atoms with Crippen LogP contribution in [0.5, 0.6) is 0 Å². The van der Waals surface area contributed by atoms with E-state index >= 15 is 0 Å². The fraction of sp³-hybridized carbons (Fsp3) is 0.0714. The molecule has 2 rings (SSSR count). The fourth-order valence-corrected chi connectivity index (χ4v) is 1.95. The molecule has 0 aliphatic carbocycles. The van der Waals surface area contributed by atoms with Gasteiger partial charge in [-0.05, 0) is 11.1 Å². The van der Waals surface area contributed by atoms with Gasteiger partial charge < -0.3 is 4.84 Å². The first-order valence-corrected chi connectivity index (χ1v) is 5.78. The molecule has 0 radical (unpaired) electrons. The van der Waals surface area contributed by atoms with E-state index in [1.54, 1.807) is 0 Å². The molecule has 5 heteroatoms. The highest BCUT2D eigenvalue weighted by Crippen LogP contribution is 2.26. The number of hydrazine groups is 1.